The molecular formula is C16H22N4O2. The van der Waals surface area contributed by atoms with E-state index in [1.807, 2.05) is 18.2 Å². The van der Waals surface area contributed by atoms with Crippen LogP contribution >= 0.6 is 0 Å². The largest absolute Gasteiger partial charge is 0.325 e. The van der Waals surface area contributed by atoms with E-state index in [0.717, 1.165) is 38.8 Å². The number of carbonyl (C=O) groups is 2. The van der Waals surface area contributed by atoms with Crippen LogP contribution in [0.15, 0.2) is 24.3 Å². The van der Waals surface area contributed by atoms with Crippen LogP contribution in [0.5, 0.6) is 0 Å². The van der Waals surface area contributed by atoms with Crippen LogP contribution in [-0.4, -0.2) is 37.0 Å². The van der Waals surface area contributed by atoms with Gasteiger partial charge in [-0.25, -0.2) is 0 Å². The van der Waals surface area contributed by atoms with E-state index in [1.54, 1.807) is 6.07 Å². The van der Waals surface area contributed by atoms with Crippen molar-refractivity contribution in [3.63, 3.8) is 0 Å². The molecule has 1 aromatic carbocycles. The second-order valence-corrected chi connectivity index (χ2v) is 5.86. The lowest BCUT2D eigenvalue weighted by molar-refractivity contribution is -0.118. The second kappa shape index (κ2) is 6.89. The van der Waals surface area contributed by atoms with E-state index in [1.165, 1.54) is 0 Å². The number of nitrogens with one attached hydrogen (secondary N) is 4. The normalized spacial score (nSPS) is 24.2. The summed E-state index contributed by atoms with van der Waals surface area (Å²) in [7, 11) is 0. The Kier molecular flexibility index (Phi) is 4.70. The summed E-state index contributed by atoms with van der Waals surface area (Å²) in [5, 5.41) is 12.1. The topological polar surface area (TPSA) is 82.3 Å². The molecule has 0 aliphatic carbocycles. The van der Waals surface area contributed by atoms with E-state index in [2.05, 4.69) is 21.3 Å². The molecule has 2 heterocycles. The smallest absolute Gasteiger partial charge is 0.241 e. The first kappa shape index (κ1) is 15.0. The lowest BCUT2D eigenvalue weighted by Crippen LogP contribution is -2.36. The van der Waals surface area contributed by atoms with Crippen LogP contribution in [-0.2, 0) is 9.59 Å². The van der Waals surface area contributed by atoms with Crippen molar-refractivity contribution < 1.29 is 9.59 Å². The average molecular weight is 302 g/mol. The van der Waals surface area contributed by atoms with E-state index in [9.17, 15) is 9.59 Å². The lowest BCUT2D eigenvalue weighted by atomic mass is 10.2. The molecule has 4 N–H and O–H groups in total. The van der Waals surface area contributed by atoms with Crippen LogP contribution in [0.1, 0.15) is 25.7 Å². The Morgan fingerprint density at radius 1 is 0.909 bits per heavy atom. The van der Waals surface area contributed by atoms with Crippen molar-refractivity contribution in [2.45, 2.75) is 37.8 Å². The molecule has 6 nitrogen and oxygen atoms in total. The van der Waals surface area contributed by atoms with Gasteiger partial charge in [0.25, 0.3) is 0 Å². The average Bonchev–Trinajstić information content (AvgIpc) is 3.21. The van der Waals surface area contributed by atoms with Gasteiger partial charge in [0.2, 0.25) is 11.8 Å². The van der Waals surface area contributed by atoms with Crippen LogP contribution in [0, 0.1) is 0 Å². The highest BCUT2D eigenvalue weighted by atomic mass is 16.2. The molecule has 0 saturated carbocycles. The number of carbonyl (C=O) groups excluding carboxylic acids is 2. The monoisotopic (exact) mass is 302 g/mol. The molecule has 0 unspecified atom stereocenters. The summed E-state index contributed by atoms with van der Waals surface area (Å²) in [4.78, 5) is 24.2. The van der Waals surface area contributed by atoms with Gasteiger partial charge in [0.15, 0.2) is 0 Å². The Balaban J connectivity index is 1.59. The Morgan fingerprint density at radius 3 is 1.82 bits per heavy atom. The summed E-state index contributed by atoms with van der Waals surface area (Å²) in [6.45, 7) is 1.78. The second-order valence-electron chi connectivity index (χ2n) is 5.86. The third kappa shape index (κ3) is 3.64. The zero-order valence-electron chi connectivity index (χ0n) is 12.5. The molecule has 2 aliphatic rings. The maximum Gasteiger partial charge on any atom is 0.241 e. The Hall–Kier alpha value is -1.92. The minimum absolute atomic E-state index is 0.0153. The zero-order valence-corrected chi connectivity index (χ0v) is 12.5. The summed E-state index contributed by atoms with van der Waals surface area (Å²) in [5.41, 5.74) is 1.41. The van der Waals surface area contributed by atoms with Crippen LogP contribution in [0.3, 0.4) is 0 Å². The SMILES string of the molecule is O=C(Nc1cccc(NC(=O)[C@@H]2CCCN2)c1)[C@@H]1CCCN1. The molecule has 1 aromatic rings. The first-order chi connectivity index (χ1) is 10.7. The third-order valence-corrected chi connectivity index (χ3v) is 4.15. The van der Waals surface area contributed by atoms with Gasteiger partial charge in [-0.15, -0.1) is 0 Å². The maximum absolute atomic E-state index is 12.1. The molecule has 2 amide bonds. The predicted octanol–water partition coefficient (Wildman–Crippen LogP) is 1.07. The van der Waals surface area contributed by atoms with E-state index >= 15 is 0 Å². The van der Waals surface area contributed by atoms with Crippen molar-refractivity contribution in [1.82, 2.24) is 10.6 Å². The number of benzene rings is 1. The van der Waals surface area contributed by atoms with Crippen molar-refractivity contribution in [2.24, 2.45) is 0 Å². The summed E-state index contributed by atoms with van der Waals surface area (Å²) in [6, 6.07) is 7.06. The highest BCUT2D eigenvalue weighted by Crippen LogP contribution is 2.17. The van der Waals surface area contributed by atoms with Gasteiger partial charge in [0, 0.05) is 11.4 Å². The van der Waals surface area contributed by atoms with Crippen LogP contribution in [0.25, 0.3) is 0 Å². The van der Waals surface area contributed by atoms with Gasteiger partial charge >= 0.3 is 0 Å². The number of hydrogen-bond acceptors (Lipinski definition) is 4. The molecule has 2 aliphatic heterocycles. The van der Waals surface area contributed by atoms with Gasteiger partial charge in [-0.05, 0) is 57.0 Å². The molecule has 2 saturated heterocycles. The van der Waals surface area contributed by atoms with Crippen molar-refractivity contribution in [2.75, 3.05) is 23.7 Å². The molecule has 0 bridgehead atoms. The molecule has 3 rings (SSSR count). The summed E-state index contributed by atoms with van der Waals surface area (Å²) in [5.74, 6) is -0.0307. The number of anilines is 2. The van der Waals surface area contributed by atoms with E-state index in [-0.39, 0.29) is 23.9 Å². The Labute approximate surface area is 130 Å². The molecule has 6 heteroatoms. The van der Waals surface area contributed by atoms with Gasteiger partial charge in [-0.3, -0.25) is 9.59 Å². The van der Waals surface area contributed by atoms with Gasteiger partial charge in [-0.2, -0.15) is 0 Å². The molecule has 22 heavy (non-hydrogen) atoms. The van der Waals surface area contributed by atoms with Crippen LogP contribution in [0.2, 0.25) is 0 Å². The molecular weight excluding hydrogens is 280 g/mol. The van der Waals surface area contributed by atoms with Gasteiger partial charge in [0.1, 0.15) is 0 Å². The standard InChI is InChI=1S/C16H22N4O2/c21-15(13-6-2-8-17-13)19-11-4-1-5-12(10-11)20-16(22)14-7-3-9-18-14/h1,4-5,10,13-14,17-18H,2-3,6-9H2,(H,19,21)(H,20,22)/t13-,14-/m0/s1. The van der Waals surface area contributed by atoms with Crippen molar-refractivity contribution >= 4 is 23.2 Å². The van der Waals surface area contributed by atoms with Gasteiger partial charge < -0.3 is 21.3 Å². The van der Waals surface area contributed by atoms with Crippen molar-refractivity contribution in [3.05, 3.63) is 24.3 Å². The quantitative estimate of drug-likeness (QED) is 0.670. The molecule has 2 atom stereocenters. The van der Waals surface area contributed by atoms with E-state index in [4.69, 9.17) is 0 Å². The molecule has 0 aromatic heterocycles. The van der Waals surface area contributed by atoms with Crippen LogP contribution in [0.4, 0.5) is 11.4 Å². The number of rotatable bonds is 4. The lowest BCUT2D eigenvalue weighted by Gasteiger charge is -2.14. The first-order valence-electron chi connectivity index (χ1n) is 7.91. The predicted molar refractivity (Wildman–Crippen MR) is 85.8 cm³/mol. The number of amides is 2. The van der Waals surface area contributed by atoms with E-state index < -0.39 is 0 Å². The molecule has 0 spiro atoms. The van der Waals surface area contributed by atoms with Crippen LogP contribution < -0.4 is 21.3 Å². The Bertz CT molecular complexity index is 504. The fourth-order valence-corrected chi connectivity index (χ4v) is 2.95. The fraction of sp³-hybridized carbons (Fsp3) is 0.500. The fourth-order valence-electron chi connectivity index (χ4n) is 2.95. The highest BCUT2D eigenvalue weighted by molar-refractivity contribution is 5.97. The van der Waals surface area contributed by atoms with Crippen molar-refractivity contribution in [3.8, 4) is 0 Å². The number of hydrogen-bond donors (Lipinski definition) is 4. The third-order valence-electron chi connectivity index (χ3n) is 4.15. The minimum Gasteiger partial charge on any atom is -0.325 e. The van der Waals surface area contributed by atoms with E-state index in [0.29, 0.717) is 11.4 Å². The minimum atomic E-state index is -0.110. The molecule has 2 fully saturated rings. The molecule has 118 valence electrons. The highest BCUT2D eigenvalue weighted by Gasteiger charge is 2.23. The van der Waals surface area contributed by atoms with Gasteiger partial charge in [-0.1, -0.05) is 6.07 Å². The van der Waals surface area contributed by atoms with Crippen molar-refractivity contribution in [1.29, 1.82) is 0 Å². The summed E-state index contributed by atoms with van der Waals surface area (Å²) >= 11 is 0. The summed E-state index contributed by atoms with van der Waals surface area (Å²) in [6.07, 6.45) is 3.80. The van der Waals surface area contributed by atoms with Gasteiger partial charge in [0.05, 0.1) is 12.1 Å². The zero-order chi connectivity index (χ0) is 15.4. The Morgan fingerprint density at radius 2 is 1.41 bits per heavy atom. The first-order valence-corrected chi connectivity index (χ1v) is 7.91. The molecule has 0 radical (unpaired) electrons. The summed E-state index contributed by atoms with van der Waals surface area (Å²) < 4.78 is 0. The maximum atomic E-state index is 12.1.